The molecule has 0 aromatic heterocycles. The van der Waals surface area contributed by atoms with Crippen LogP contribution in [0.3, 0.4) is 0 Å². The van der Waals surface area contributed by atoms with Gasteiger partial charge in [-0.05, 0) is 31.4 Å². The molecule has 0 saturated carbocycles. The van der Waals surface area contributed by atoms with Crippen LogP contribution in [0.4, 0.5) is 5.69 Å². The highest BCUT2D eigenvalue weighted by atomic mass is 16.3. The zero-order valence-electron chi connectivity index (χ0n) is 12.2. The first-order chi connectivity index (χ1) is 9.04. The maximum absolute atomic E-state index is 11.8. The molecule has 0 radical (unpaired) electrons. The number of nitrogens with one attached hydrogen (secondary N) is 1. The van der Waals surface area contributed by atoms with Crippen LogP contribution in [0.15, 0.2) is 24.3 Å². The second kappa shape index (κ2) is 7.29. The molecule has 3 heteroatoms. The molecular formula is C16H25NO2. The average molecular weight is 263 g/mol. The van der Waals surface area contributed by atoms with Crippen molar-refractivity contribution in [3.63, 3.8) is 0 Å². The summed E-state index contributed by atoms with van der Waals surface area (Å²) >= 11 is 0. The number of anilines is 1. The highest BCUT2D eigenvalue weighted by molar-refractivity contribution is 5.96. The van der Waals surface area contributed by atoms with Crippen LogP contribution in [-0.4, -0.2) is 23.0 Å². The number of carbonyl (C=O) groups is 1. The Bertz CT molecular complexity index is 411. The van der Waals surface area contributed by atoms with E-state index in [1.54, 1.807) is 0 Å². The molecule has 0 saturated heterocycles. The maximum Gasteiger partial charge on any atom is 0.162 e. The second-order valence-corrected chi connectivity index (χ2v) is 5.04. The van der Waals surface area contributed by atoms with Gasteiger partial charge < -0.3 is 10.4 Å². The molecule has 106 valence electrons. The van der Waals surface area contributed by atoms with E-state index in [1.807, 2.05) is 45.0 Å². The summed E-state index contributed by atoms with van der Waals surface area (Å²) in [6.45, 7) is 6.47. The first kappa shape index (κ1) is 15.7. The van der Waals surface area contributed by atoms with E-state index in [0.29, 0.717) is 25.8 Å². The molecule has 1 aromatic rings. The lowest BCUT2D eigenvalue weighted by Gasteiger charge is -2.26. The zero-order valence-corrected chi connectivity index (χ0v) is 12.2. The molecule has 0 spiro atoms. The number of benzene rings is 1. The summed E-state index contributed by atoms with van der Waals surface area (Å²) in [7, 11) is 0. The highest BCUT2D eigenvalue weighted by Crippen LogP contribution is 2.18. The van der Waals surface area contributed by atoms with Gasteiger partial charge in [-0.2, -0.15) is 0 Å². The van der Waals surface area contributed by atoms with Crippen LogP contribution in [0.25, 0.3) is 0 Å². The summed E-state index contributed by atoms with van der Waals surface area (Å²) in [4.78, 5) is 11.8. The van der Waals surface area contributed by atoms with Crippen molar-refractivity contribution in [1.82, 2.24) is 0 Å². The molecule has 1 aromatic carbocycles. The average Bonchev–Trinajstić information content (AvgIpc) is 2.45. The summed E-state index contributed by atoms with van der Waals surface area (Å²) in [5, 5.41) is 13.4. The number of hydrogen-bond donors (Lipinski definition) is 2. The predicted molar refractivity (Wildman–Crippen MR) is 79.7 cm³/mol. The van der Waals surface area contributed by atoms with Crippen LogP contribution in [-0.2, 0) is 0 Å². The van der Waals surface area contributed by atoms with Crippen molar-refractivity contribution in [3.8, 4) is 0 Å². The Morgan fingerprint density at radius 1 is 1.26 bits per heavy atom. The standard InChI is InChI=1S/C16H25NO2/c1-4-8-15(18)13-9-7-10-14(11-13)17-12-16(19,5-2)6-3/h7,9-11,17,19H,4-6,8,12H2,1-3H3. The van der Waals surface area contributed by atoms with Crippen LogP contribution >= 0.6 is 0 Å². The highest BCUT2D eigenvalue weighted by Gasteiger charge is 2.21. The molecular weight excluding hydrogens is 238 g/mol. The summed E-state index contributed by atoms with van der Waals surface area (Å²) in [5.74, 6) is 0.174. The van der Waals surface area contributed by atoms with Crippen molar-refractivity contribution in [2.24, 2.45) is 0 Å². The zero-order chi connectivity index (χ0) is 14.3. The van der Waals surface area contributed by atoms with Crippen LogP contribution < -0.4 is 5.32 Å². The molecule has 0 fully saturated rings. The van der Waals surface area contributed by atoms with Gasteiger partial charge in [-0.25, -0.2) is 0 Å². The van der Waals surface area contributed by atoms with Crippen LogP contribution in [0.1, 0.15) is 56.8 Å². The van der Waals surface area contributed by atoms with Gasteiger partial charge in [0, 0.05) is 24.2 Å². The maximum atomic E-state index is 11.8. The van der Waals surface area contributed by atoms with Gasteiger partial charge in [-0.3, -0.25) is 4.79 Å². The van der Waals surface area contributed by atoms with E-state index in [0.717, 1.165) is 17.7 Å². The number of hydrogen-bond acceptors (Lipinski definition) is 3. The Kier molecular flexibility index (Phi) is 6.03. The van der Waals surface area contributed by atoms with Gasteiger partial charge in [-0.15, -0.1) is 0 Å². The van der Waals surface area contributed by atoms with E-state index >= 15 is 0 Å². The molecule has 19 heavy (non-hydrogen) atoms. The van der Waals surface area contributed by atoms with Crippen LogP contribution in [0.2, 0.25) is 0 Å². The van der Waals surface area contributed by atoms with Crippen molar-refractivity contribution >= 4 is 11.5 Å². The Balaban J connectivity index is 2.70. The molecule has 1 rings (SSSR count). The third-order valence-corrected chi connectivity index (χ3v) is 3.60. The van der Waals surface area contributed by atoms with Crippen molar-refractivity contribution in [1.29, 1.82) is 0 Å². The van der Waals surface area contributed by atoms with E-state index in [9.17, 15) is 9.90 Å². The van der Waals surface area contributed by atoms with Gasteiger partial charge in [0.05, 0.1) is 5.60 Å². The summed E-state index contributed by atoms with van der Waals surface area (Å²) in [5.41, 5.74) is 0.953. The van der Waals surface area contributed by atoms with Crippen LogP contribution in [0.5, 0.6) is 0 Å². The topological polar surface area (TPSA) is 49.3 Å². The minimum Gasteiger partial charge on any atom is -0.388 e. The van der Waals surface area contributed by atoms with Gasteiger partial charge in [0.1, 0.15) is 0 Å². The summed E-state index contributed by atoms with van der Waals surface area (Å²) in [6, 6.07) is 7.51. The molecule has 0 heterocycles. The third-order valence-electron chi connectivity index (χ3n) is 3.60. The molecule has 3 nitrogen and oxygen atoms in total. The first-order valence-corrected chi connectivity index (χ1v) is 7.14. The second-order valence-electron chi connectivity index (χ2n) is 5.04. The number of carbonyl (C=O) groups excluding carboxylic acids is 1. The summed E-state index contributed by atoms with van der Waals surface area (Å²) < 4.78 is 0. The lowest BCUT2D eigenvalue weighted by molar-refractivity contribution is 0.0457. The monoisotopic (exact) mass is 263 g/mol. The molecule has 0 unspecified atom stereocenters. The smallest absolute Gasteiger partial charge is 0.162 e. The first-order valence-electron chi connectivity index (χ1n) is 7.14. The Labute approximate surface area is 116 Å². The largest absolute Gasteiger partial charge is 0.388 e. The fraction of sp³-hybridized carbons (Fsp3) is 0.562. The molecule has 0 bridgehead atoms. The van der Waals surface area contributed by atoms with Gasteiger partial charge >= 0.3 is 0 Å². The fourth-order valence-corrected chi connectivity index (χ4v) is 1.94. The Morgan fingerprint density at radius 3 is 2.53 bits per heavy atom. The molecule has 0 aliphatic carbocycles. The van der Waals surface area contributed by atoms with E-state index < -0.39 is 5.60 Å². The fourth-order valence-electron chi connectivity index (χ4n) is 1.94. The van der Waals surface area contributed by atoms with Gasteiger partial charge in [-0.1, -0.05) is 32.9 Å². The third kappa shape index (κ3) is 4.67. The molecule has 0 aliphatic heterocycles. The minimum absolute atomic E-state index is 0.174. The predicted octanol–water partition coefficient (Wildman–Crippen LogP) is 3.63. The minimum atomic E-state index is -0.677. The van der Waals surface area contributed by atoms with Gasteiger partial charge in [0.2, 0.25) is 0 Å². The van der Waals surface area contributed by atoms with Crippen LogP contribution in [0, 0.1) is 0 Å². The number of Topliss-reactive ketones (excluding diaryl/α,β-unsaturated/α-hetero) is 1. The number of aliphatic hydroxyl groups is 1. The number of ketones is 1. The van der Waals surface area contributed by atoms with Crippen molar-refractivity contribution in [3.05, 3.63) is 29.8 Å². The lowest BCUT2D eigenvalue weighted by Crippen LogP contribution is -2.35. The molecule has 0 aliphatic rings. The number of rotatable bonds is 8. The van der Waals surface area contributed by atoms with E-state index in [4.69, 9.17) is 0 Å². The van der Waals surface area contributed by atoms with Crippen molar-refractivity contribution in [2.75, 3.05) is 11.9 Å². The Morgan fingerprint density at radius 2 is 1.95 bits per heavy atom. The van der Waals surface area contributed by atoms with Crippen molar-refractivity contribution in [2.45, 2.75) is 52.1 Å². The molecule has 0 atom stereocenters. The Hall–Kier alpha value is -1.35. The van der Waals surface area contributed by atoms with Crippen molar-refractivity contribution < 1.29 is 9.90 Å². The van der Waals surface area contributed by atoms with E-state index in [1.165, 1.54) is 0 Å². The van der Waals surface area contributed by atoms with Gasteiger partial charge in [0.25, 0.3) is 0 Å². The van der Waals surface area contributed by atoms with Gasteiger partial charge in [0.15, 0.2) is 5.78 Å². The van der Waals surface area contributed by atoms with E-state index in [-0.39, 0.29) is 5.78 Å². The quantitative estimate of drug-likeness (QED) is 0.704. The van der Waals surface area contributed by atoms with E-state index in [2.05, 4.69) is 5.32 Å². The molecule has 2 N–H and O–H groups in total. The lowest BCUT2D eigenvalue weighted by atomic mass is 9.97. The normalized spacial score (nSPS) is 11.4. The SMILES string of the molecule is CCCC(=O)c1cccc(NCC(O)(CC)CC)c1. The molecule has 0 amide bonds. The summed E-state index contributed by atoms with van der Waals surface area (Å²) in [6.07, 6.45) is 2.87.